The third kappa shape index (κ3) is 3.23. The van der Waals surface area contributed by atoms with Crippen molar-refractivity contribution in [1.82, 2.24) is 4.31 Å². The van der Waals surface area contributed by atoms with Crippen molar-refractivity contribution >= 4 is 15.8 Å². The zero-order chi connectivity index (χ0) is 19.1. The Balaban J connectivity index is 2.06. The molecule has 0 amide bonds. The van der Waals surface area contributed by atoms with E-state index in [4.69, 9.17) is 4.74 Å². The molecular weight excluding hydrogens is 350 g/mol. The van der Waals surface area contributed by atoms with Crippen molar-refractivity contribution in [3.63, 3.8) is 0 Å². The van der Waals surface area contributed by atoms with Crippen LogP contribution < -0.4 is 0 Å². The average Bonchev–Trinajstić information content (AvgIpc) is 3.05. The number of ketones is 1. The van der Waals surface area contributed by atoms with Crippen LogP contribution in [0.1, 0.15) is 52.0 Å². The minimum absolute atomic E-state index is 0.0996. The zero-order valence-electron chi connectivity index (χ0n) is 16.1. The van der Waals surface area contributed by atoms with E-state index in [2.05, 4.69) is 0 Å². The molecule has 0 N–H and O–H groups in total. The van der Waals surface area contributed by atoms with Gasteiger partial charge in [0.1, 0.15) is 12.0 Å². The first-order valence-corrected chi connectivity index (χ1v) is 10.9. The summed E-state index contributed by atoms with van der Waals surface area (Å²) >= 11 is 0. The van der Waals surface area contributed by atoms with E-state index in [0.29, 0.717) is 19.4 Å². The Morgan fingerprint density at radius 2 is 1.85 bits per heavy atom. The number of hydrogen-bond acceptors (Lipinski definition) is 4. The number of rotatable bonds is 4. The van der Waals surface area contributed by atoms with Crippen LogP contribution in [0.25, 0.3) is 0 Å². The van der Waals surface area contributed by atoms with Gasteiger partial charge < -0.3 is 4.74 Å². The molecule has 5 nitrogen and oxygen atoms in total. The second-order valence-corrected chi connectivity index (χ2v) is 10.0. The van der Waals surface area contributed by atoms with E-state index in [1.807, 2.05) is 27.7 Å². The molecule has 3 rings (SSSR count). The van der Waals surface area contributed by atoms with Crippen LogP contribution in [0.4, 0.5) is 0 Å². The number of carbonyl (C=O) groups is 1. The van der Waals surface area contributed by atoms with E-state index >= 15 is 0 Å². The largest absolute Gasteiger partial charge is 0.359 e. The average molecular weight is 380 g/mol. The summed E-state index contributed by atoms with van der Waals surface area (Å²) in [5.41, 5.74) is 0.229. The molecule has 3 unspecified atom stereocenters. The number of carbonyl (C=O) groups excluding carboxylic acids is 1. The molecule has 1 saturated heterocycles. The number of nitrogens with zero attached hydrogens (tertiary/aromatic N) is 1. The van der Waals surface area contributed by atoms with Gasteiger partial charge in [0.15, 0.2) is 0 Å². The highest BCUT2D eigenvalue weighted by Crippen LogP contribution is 2.44. The molecular formula is C20H29NO4S. The molecule has 144 valence electrons. The van der Waals surface area contributed by atoms with Crippen LogP contribution in [-0.2, 0) is 19.6 Å². The van der Waals surface area contributed by atoms with Crippen LogP contribution in [-0.4, -0.2) is 37.4 Å². The fourth-order valence-electron chi connectivity index (χ4n) is 4.06. The van der Waals surface area contributed by atoms with Crippen molar-refractivity contribution < 1.29 is 17.9 Å². The molecule has 0 radical (unpaired) electrons. The van der Waals surface area contributed by atoms with Gasteiger partial charge in [-0.05, 0) is 44.7 Å². The number of Topliss-reactive ketones (excluding diaryl/α,β-unsaturated/α-hetero) is 1. The fourth-order valence-corrected chi connectivity index (χ4v) is 5.99. The summed E-state index contributed by atoms with van der Waals surface area (Å²) in [4.78, 5) is 13.0. The molecule has 1 aromatic rings. The van der Waals surface area contributed by atoms with Crippen LogP contribution in [0.3, 0.4) is 0 Å². The number of ether oxygens (including phenoxy) is 1. The quantitative estimate of drug-likeness (QED) is 0.803. The maximum absolute atomic E-state index is 13.5. The Hall–Kier alpha value is -1.24. The Labute approximate surface area is 156 Å². The van der Waals surface area contributed by atoms with Gasteiger partial charge in [-0.15, -0.1) is 0 Å². The van der Waals surface area contributed by atoms with Crippen molar-refractivity contribution in [2.24, 2.45) is 11.3 Å². The molecule has 2 fully saturated rings. The summed E-state index contributed by atoms with van der Waals surface area (Å²) in [7, 11) is -3.75. The molecule has 3 atom stereocenters. The first-order chi connectivity index (χ1) is 12.2. The number of benzene rings is 1. The molecule has 2 aliphatic rings. The van der Waals surface area contributed by atoms with Crippen molar-refractivity contribution in [3.05, 3.63) is 29.8 Å². The first kappa shape index (κ1) is 19.5. The predicted octanol–water partition coefficient (Wildman–Crippen LogP) is 3.52. The minimum Gasteiger partial charge on any atom is -0.359 e. The number of hydrogen-bond donors (Lipinski definition) is 0. The highest BCUT2D eigenvalue weighted by Gasteiger charge is 2.55. The number of aryl methyl sites for hydroxylation is 1. The Bertz CT molecular complexity index is 772. The molecule has 6 heteroatoms. The lowest BCUT2D eigenvalue weighted by Crippen LogP contribution is -2.54. The van der Waals surface area contributed by atoms with Gasteiger partial charge in [-0.1, -0.05) is 38.0 Å². The van der Waals surface area contributed by atoms with Gasteiger partial charge >= 0.3 is 0 Å². The lowest BCUT2D eigenvalue weighted by Gasteiger charge is -2.41. The molecule has 1 aliphatic heterocycles. The summed E-state index contributed by atoms with van der Waals surface area (Å²) in [6, 6.07) is 6.62. The molecule has 1 saturated carbocycles. The molecule has 1 aliphatic carbocycles. The van der Waals surface area contributed by atoms with Crippen molar-refractivity contribution in [1.29, 1.82) is 0 Å². The summed E-state index contributed by atoms with van der Waals surface area (Å²) < 4.78 is 34.5. The second kappa shape index (κ2) is 7.06. The van der Waals surface area contributed by atoms with Gasteiger partial charge in [-0.2, -0.15) is 4.31 Å². The van der Waals surface area contributed by atoms with Crippen LogP contribution >= 0.6 is 0 Å². The summed E-state index contributed by atoms with van der Waals surface area (Å²) in [6.45, 7) is 8.13. The predicted molar refractivity (Wildman–Crippen MR) is 100 cm³/mol. The third-order valence-corrected chi connectivity index (χ3v) is 7.77. The van der Waals surface area contributed by atoms with Crippen molar-refractivity contribution in [3.8, 4) is 0 Å². The highest BCUT2D eigenvalue weighted by atomic mass is 32.2. The number of sulfonamides is 1. The van der Waals surface area contributed by atoms with Crippen LogP contribution in [0.5, 0.6) is 0 Å². The Morgan fingerprint density at radius 1 is 1.19 bits per heavy atom. The standard InChI is InChI=1S/C20H29NO4S/c1-14(2)17-13-25-19(20(4)12-6-5-7-18(20)22)21(17)26(23,24)16-10-8-15(3)9-11-16/h8-11,14,17,19H,5-7,12-13H2,1-4H3. The Kier molecular flexibility index (Phi) is 5.30. The van der Waals surface area contributed by atoms with Crippen LogP contribution in [0.15, 0.2) is 29.2 Å². The second-order valence-electron chi connectivity index (χ2n) is 8.19. The van der Waals surface area contributed by atoms with Gasteiger partial charge in [-0.25, -0.2) is 8.42 Å². The van der Waals surface area contributed by atoms with Gasteiger partial charge in [0.05, 0.1) is 23.0 Å². The van der Waals surface area contributed by atoms with Crippen molar-refractivity contribution in [2.75, 3.05) is 6.61 Å². The SMILES string of the molecule is Cc1ccc(S(=O)(=O)N2C(C(C)C)COC2C2(C)CCCCC2=O)cc1. The fraction of sp³-hybridized carbons (Fsp3) is 0.650. The Morgan fingerprint density at radius 3 is 2.42 bits per heavy atom. The van der Waals surface area contributed by atoms with Gasteiger partial charge in [0.2, 0.25) is 10.0 Å². The molecule has 1 aromatic carbocycles. The molecule has 1 heterocycles. The minimum atomic E-state index is -3.75. The lowest BCUT2D eigenvalue weighted by atomic mass is 9.73. The molecule has 0 aromatic heterocycles. The topological polar surface area (TPSA) is 63.7 Å². The monoisotopic (exact) mass is 379 g/mol. The van der Waals surface area contributed by atoms with Gasteiger partial charge in [-0.3, -0.25) is 4.79 Å². The maximum Gasteiger partial charge on any atom is 0.245 e. The summed E-state index contributed by atoms with van der Waals surface area (Å²) in [5.74, 6) is 0.213. The smallest absolute Gasteiger partial charge is 0.245 e. The van der Waals surface area contributed by atoms with Crippen molar-refractivity contribution in [2.45, 2.75) is 70.5 Å². The van der Waals surface area contributed by atoms with Crippen LogP contribution in [0, 0.1) is 18.3 Å². The molecule has 26 heavy (non-hydrogen) atoms. The van der Waals surface area contributed by atoms with E-state index in [1.165, 1.54) is 4.31 Å². The summed E-state index contributed by atoms with van der Waals surface area (Å²) in [5, 5.41) is 0. The summed E-state index contributed by atoms with van der Waals surface area (Å²) in [6.07, 6.45) is 2.24. The highest BCUT2D eigenvalue weighted by molar-refractivity contribution is 7.89. The van der Waals surface area contributed by atoms with E-state index in [-0.39, 0.29) is 22.6 Å². The van der Waals surface area contributed by atoms with E-state index in [1.54, 1.807) is 24.3 Å². The lowest BCUT2D eigenvalue weighted by molar-refractivity contribution is -0.143. The normalized spacial score (nSPS) is 30.9. The third-order valence-electron chi connectivity index (χ3n) is 5.88. The van der Waals surface area contributed by atoms with E-state index < -0.39 is 21.7 Å². The van der Waals surface area contributed by atoms with E-state index in [0.717, 1.165) is 18.4 Å². The zero-order valence-corrected chi connectivity index (χ0v) is 16.9. The maximum atomic E-state index is 13.5. The van der Waals surface area contributed by atoms with Gasteiger partial charge in [0.25, 0.3) is 0 Å². The van der Waals surface area contributed by atoms with Gasteiger partial charge in [0, 0.05) is 6.42 Å². The van der Waals surface area contributed by atoms with Crippen LogP contribution in [0.2, 0.25) is 0 Å². The first-order valence-electron chi connectivity index (χ1n) is 9.43. The molecule has 0 spiro atoms. The van der Waals surface area contributed by atoms with E-state index in [9.17, 15) is 13.2 Å². The molecule has 0 bridgehead atoms.